The number of hydrogen-bond donors (Lipinski definition) is 1. The van der Waals surface area contributed by atoms with E-state index >= 15 is 0 Å². The summed E-state index contributed by atoms with van der Waals surface area (Å²) in [5.41, 5.74) is 2.71. The topological polar surface area (TPSA) is 36.8 Å². The van der Waals surface area contributed by atoms with Crippen LogP contribution in [0.1, 0.15) is 6.92 Å². The summed E-state index contributed by atoms with van der Waals surface area (Å²) < 4.78 is 0. The van der Waals surface area contributed by atoms with Gasteiger partial charge in [-0.2, -0.15) is 5.11 Å². The summed E-state index contributed by atoms with van der Waals surface area (Å²) in [6, 6.07) is 0. The normalized spacial score (nSPS) is 11.2. The predicted octanol–water partition coefficient (Wildman–Crippen LogP) is 1.15. The Labute approximate surface area is 49.5 Å². The molecule has 0 radical (unpaired) electrons. The molecule has 3 nitrogen and oxygen atoms in total. The minimum atomic E-state index is 0.758. The van der Waals surface area contributed by atoms with Crippen molar-refractivity contribution in [2.45, 2.75) is 6.92 Å². The molecule has 0 aliphatic rings. The maximum Gasteiger partial charge on any atom is 0.0527 e. The zero-order chi connectivity index (χ0) is 6.24. The molecule has 0 saturated heterocycles. The van der Waals surface area contributed by atoms with Crippen LogP contribution in [0.25, 0.3) is 0 Å². The van der Waals surface area contributed by atoms with Crippen molar-refractivity contribution >= 4 is 0 Å². The van der Waals surface area contributed by atoms with Crippen molar-refractivity contribution in [3.05, 3.63) is 12.2 Å². The van der Waals surface area contributed by atoms with E-state index in [0.29, 0.717) is 0 Å². The first-order valence-electron chi connectivity index (χ1n) is 2.54. The van der Waals surface area contributed by atoms with Crippen LogP contribution >= 0.6 is 0 Å². The summed E-state index contributed by atoms with van der Waals surface area (Å²) in [4.78, 5) is 0. The highest BCUT2D eigenvalue weighted by Crippen LogP contribution is 1.66. The Morgan fingerprint density at radius 2 is 2.38 bits per heavy atom. The molecule has 0 heterocycles. The Kier molecular flexibility index (Phi) is 5.48. The van der Waals surface area contributed by atoms with Gasteiger partial charge in [-0.05, 0) is 6.92 Å². The van der Waals surface area contributed by atoms with Crippen LogP contribution in [0.15, 0.2) is 22.5 Å². The summed E-state index contributed by atoms with van der Waals surface area (Å²) in [6.45, 7) is 2.72. The van der Waals surface area contributed by atoms with Gasteiger partial charge in [-0.3, -0.25) is 5.43 Å². The van der Waals surface area contributed by atoms with Crippen LogP contribution in [0, 0.1) is 0 Å². The van der Waals surface area contributed by atoms with Gasteiger partial charge >= 0.3 is 0 Å². The maximum absolute atomic E-state index is 3.53. The van der Waals surface area contributed by atoms with Crippen molar-refractivity contribution in [2.24, 2.45) is 10.3 Å². The number of nitrogens with zero attached hydrogens (tertiary/aromatic N) is 2. The molecule has 0 aromatic carbocycles. The molecule has 46 valence electrons. The lowest BCUT2D eigenvalue weighted by Crippen LogP contribution is -2.02. The summed E-state index contributed by atoms with van der Waals surface area (Å²) in [6.07, 6.45) is 3.92. The molecule has 8 heavy (non-hydrogen) atoms. The van der Waals surface area contributed by atoms with Gasteiger partial charge in [0.2, 0.25) is 0 Å². The third-order valence-electron chi connectivity index (χ3n) is 0.616. The van der Waals surface area contributed by atoms with E-state index in [1.807, 2.05) is 19.1 Å². The van der Waals surface area contributed by atoms with E-state index in [1.54, 1.807) is 7.05 Å². The highest BCUT2D eigenvalue weighted by atomic mass is 15.4. The van der Waals surface area contributed by atoms with E-state index in [4.69, 9.17) is 0 Å². The minimum absolute atomic E-state index is 0.758. The molecule has 0 unspecified atom stereocenters. The molecule has 0 aromatic heterocycles. The molecule has 1 N–H and O–H groups in total. The lowest BCUT2D eigenvalue weighted by molar-refractivity contribution is 0.752. The van der Waals surface area contributed by atoms with Gasteiger partial charge in [0.15, 0.2) is 0 Å². The maximum atomic E-state index is 3.53. The Hall–Kier alpha value is -0.860. The number of nitrogens with one attached hydrogen (secondary N) is 1. The second kappa shape index (κ2) is 6.14. The van der Waals surface area contributed by atoms with Crippen LogP contribution in [0.4, 0.5) is 0 Å². The Morgan fingerprint density at radius 1 is 1.62 bits per heavy atom. The van der Waals surface area contributed by atoms with Crippen LogP contribution in [-0.2, 0) is 0 Å². The Morgan fingerprint density at radius 3 is 2.88 bits per heavy atom. The monoisotopic (exact) mass is 113 g/mol. The van der Waals surface area contributed by atoms with Gasteiger partial charge in [-0.25, -0.2) is 0 Å². The minimum Gasteiger partial charge on any atom is -0.288 e. The van der Waals surface area contributed by atoms with E-state index < -0.39 is 0 Å². The fourth-order valence-corrected chi connectivity index (χ4v) is 0.282. The predicted molar refractivity (Wildman–Crippen MR) is 33.6 cm³/mol. The zero-order valence-electron chi connectivity index (χ0n) is 5.26. The molecule has 3 heteroatoms. The van der Waals surface area contributed by atoms with Crippen LogP contribution < -0.4 is 5.43 Å². The molecule has 0 atom stereocenters. The lowest BCUT2D eigenvalue weighted by Gasteiger charge is -1.86. The fraction of sp³-hybridized carbons (Fsp3) is 0.600. The highest BCUT2D eigenvalue weighted by Gasteiger charge is 1.66. The third kappa shape index (κ3) is 5.14. The molecule has 0 fully saturated rings. The van der Waals surface area contributed by atoms with E-state index in [2.05, 4.69) is 15.8 Å². The van der Waals surface area contributed by atoms with Crippen molar-refractivity contribution in [3.8, 4) is 0 Å². The quantitative estimate of drug-likeness (QED) is 0.253. The average Bonchev–Trinajstić information content (AvgIpc) is 1.81. The van der Waals surface area contributed by atoms with E-state index in [0.717, 1.165) is 6.54 Å². The van der Waals surface area contributed by atoms with Crippen molar-refractivity contribution in [2.75, 3.05) is 13.6 Å². The summed E-state index contributed by atoms with van der Waals surface area (Å²) in [5, 5.41) is 7.02. The number of rotatable bonds is 3. The first kappa shape index (κ1) is 7.14. The van der Waals surface area contributed by atoms with Gasteiger partial charge in [0, 0.05) is 0 Å². The van der Waals surface area contributed by atoms with E-state index in [1.165, 1.54) is 0 Å². The molecular weight excluding hydrogens is 102 g/mol. The molecule has 0 aliphatic carbocycles. The molecule has 0 spiro atoms. The van der Waals surface area contributed by atoms with Crippen molar-refractivity contribution in [1.29, 1.82) is 0 Å². The second-order valence-electron chi connectivity index (χ2n) is 1.23. The van der Waals surface area contributed by atoms with Crippen molar-refractivity contribution < 1.29 is 0 Å². The van der Waals surface area contributed by atoms with Gasteiger partial charge in [0.25, 0.3) is 0 Å². The van der Waals surface area contributed by atoms with Gasteiger partial charge < -0.3 is 0 Å². The number of hydrogen-bond acceptors (Lipinski definition) is 2. The lowest BCUT2D eigenvalue weighted by atomic mass is 10.5. The zero-order valence-corrected chi connectivity index (χ0v) is 5.26. The van der Waals surface area contributed by atoms with Crippen LogP contribution in [0.2, 0.25) is 0 Å². The molecule has 0 bridgehead atoms. The molecule has 0 rings (SSSR count). The van der Waals surface area contributed by atoms with E-state index in [-0.39, 0.29) is 0 Å². The highest BCUT2D eigenvalue weighted by molar-refractivity contribution is 4.77. The Balaban J connectivity index is 2.93. The van der Waals surface area contributed by atoms with Crippen LogP contribution in [-0.4, -0.2) is 13.6 Å². The van der Waals surface area contributed by atoms with Gasteiger partial charge in [-0.1, -0.05) is 17.4 Å². The summed E-state index contributed by atoms with van der Waals surface area (Å²) >= 11 is 0. The summed E-state index contributed by atoms with van der Waals surface area (Å²) in [5.74, 6) is 0. The third-order valence-corrected chi connectivity index (χ3v) is 0.616. The molecule has 0 saturated carbocycles. The Bertz CT molecular complexity index is 73.7. The van der Waals surface area contributed by atoms with Crippen molar-refractivity contribution in [3.63, 3.8) is 0 Å². The van der Waals surface area contributed by atoms with Crippen molar-refractivity contribution in [1.82, 2.24) is 5.43 Å². The standard InChI is InChI=1S/C5H11N3/c1-3-4-5-7-8-6-2/h3-4H,5H2,1-2H3,(H,6,7). The first-order chi connectivity index (χ1) is 3.91. The molecule has 0 amide bonds. The van der Waals surface area contributed by atoms with Gasteiger partial charge in [-0.15, -0.1) is 0 Å². The average molecular weight is 113 g/mol. The van der Waals surface area contributed by atoms with Crippen LogP contribution in [0.5, 0.6) is 0 Å². The largest absolute Gasteiger partial charge is 0.288 e. The SMILES string of the molecule is CC=CCNN=NC. The molecular formula is C5H11N3. The van der Waals surface area contributed by atoms with E-state index in [9.17, 15) is 0 Å². The molecule has 0 aromatic rings. The molecule has 0 aliphatic heterocycles. The van der Waals surface area contributed by atoms with Crippen LogP contribution in [0.3, 0.4) is 0 Å². The summed E-state index contributed by atoms with van der Waals surface area (Å²) in [7, 11) is 1.63. The second-order valence-corrected chi connectivity index (χ2v) is 1.23. The van der Waals surface area contributed by atoms with Gasteiger partial charge in [0.1, 0.15) is 0 Å². The smallest absolute Gasteiger partial charge is 0.0527 e. The fourth-order valence-electron chi connectivity index (χ4n) is 0.282. The number of allylic oxidation sites excluding steroid dienone is 1. The van der Waals surface area contributed by atoms with Gasteiger partial charge in [0.05, 0.1) is 13.6 Å². The first-order valence-corrected chi connectivity index (χ1v) is 2.54.